The lowest BCUT2D eigenvalue weighted by atomic mass is 10.1. The molecular weight excluding hydrogens is 246 g/mol. The molecule has 1 aromatic carbocycles. The van der Waals surface area contributed by atoms with Crippen molar-refractivity contribution in [1.29, 1.82) is 0 Å². The molecule has 0 aliphatic carbocycles. The highest BCUT2D eigenvalue weighted by Gasteiger charge is 2.09. The number of halogens is 1. The second kappa shape index (κ2) is 7.78. The minimum Gasteiger partial charge on any atom is -0.388 e. The summed E-state index contributed by atoms with van der Waals surface area (Å²) in [5, 5.41) is 10.8. The Balaban J connectivity index is 2.32. The standard InChI is InChI=1S/C15H24ClNO/c1-12(2)8-10-17(3)11-9-15(18)13-4-6-14(16)7-5-13/h4-7,12,15,18H,8-11H2,1-3H3. The maximum absolute atomic E-state index is 10.1. The van der Waals surface area contributed by atoms with E-state index < -0.39 is 6.10 Å². The van der Waals surface area contributed by atoms with Gasteiger partial charge in [0.1, 0.15) is 0 Å². The molecule has 0 radical (unpaired) electrons. The zero-order valence-corrected chi connectivity index (χ0v) is 12.3. The predicted molar refractivity (Wildman–Crippen MR) is 78.0 cm³/mol. The van der Waals surface area contributed by atoms with Crippen LogP contribution >= 0.6 is 11.6 Å². The number of hydrogen-bond donors (Lipinski definition) is 1. The molecule has 0 aliphatic rings. The SMILES string of the molecule is CC(C)CCN(C)CCC(O)c1ccc(Cl)cc1. The number of benzene rings is 1. The fourth-order valence-electron chi connectivity index (χ4n) is 1.78. The lowest BCUT2D eigenvalue weighted by Crippen LogP contribution is -2.23. The van der Waals surface area contributed by atoms with E-state index in [-0.39, 0.29) is 0 Å². The van der Waals surface area contributed by atoms with Crippen LogP contribution in [0.4, 0.5) is 0 Å². The van der Waals surface area contributed by atoms with E-state index >= 15 is 0 Å². The summed E-state index contributed by atoms with van der Waals surface area (Å²) >= 11 is 5.82. The average Bonchev–Trinajstić information content (AvgIpc) is 2.34. The number of aliphatic hydroxyl groups excluding tert-OH is 1. The monoisotopic (exact) mass is 269 g/mol. The lowest BCUT2D eigenvalue weighted by Gasteiger charge is -2.20. The Morgan fingerprint density at radius 1 is 1.11 bits per heavy atom. The van der Waals surface area contributed by atoms with Crippen molar-refractivity contribution in [3.8, 4) is 0 Å². The van der Waals surface area contributed by atoms with E-state index in [9.17, 15) is 5.11 Å². The van der Waals surface area contributed by atoms with Crippen molar-refractivity contribution >= 4 is 11.6 Å². The Hall–Kier alpha value is -0.570. The summed E-state index contributed by atoms with van der Waals surface area (Å²) in [5.41, 5.74) is 0.941. The number of rotatable bonds is 7. The summed E-state index contributed by atoms with van der Waals surface area (Å²) in [6, 6.07) is 7.42. The Morgan fingerprint density at radius 2 is 1.67 bits per heavy atom. The molecule has 0 saturated heterocycles. The third kappa shape index (κ3) is 5.85. The molecule has 18 heavy (non-hydrogen) atoms. The van der Waals surface area contributed by atoms with Gasteiger partial charge in [0.2, 0.25) is 0 Å². The number of aliphatic hydroxyl groups is 1. The Bertz CT molecular complexity index is 337. The van der Waals surface area contributed by atoms with E-state index in [4.69, 9.17) is 11.6 Å². The second-order valence-corrected chi connectivity index (χ2v) is 5.78. The summed E-state index contributed by atoms with van der Waals surface area (Å²) in [6.07, 6.45) is 1.56. The highest BCUT2D eigenvalue weighted by atomic mass is 35.5. The van der Waals surface area contributed by atoms with Gasteiger partial charge in [-0.3, -0.25) is 0 Å². The third-order valence-electron chi connectivity index (χ3n) is 3.13. The van der Waals surface area contributed by atoms with Crippen LogP contribution in [0.2, 0.25) is 5.02 Å². The normalized spacial score (nSPS) is 13.3. The van der Waals surface area contributed by atoms with E-state index in [0.717, 1.165) is 31.0 Å². The van der Waals surface area contributed by atoms with Crippen LogP contribution in [0, 0.1) is 5.92 Å². The molecule has 0 aliphatic heterocycles. The zero-order valence-electron chi connectivity index (χ0n) is 11.6. The minimum absolute atomic E-state index is 0.399. The topological polar surface area (TPSA) is 23.5 Å². The van der Waals surface area contributed by atoms with Gasteiger partial charge >= 0.3 is 0 Å². The Morgan fingerprint density at radius 3 is 2.22 bits per heavy atom. The van der Waals surface area contributed by atoms with Gasteiger partial charge in [-0.2, -0.15) is 0 Å². The van der Waals surface area contributed by atoms with Crippen LogP contribution in [0.25, 0.3) is 0 Å². The largest absolute Gasteiger partial charge is 0.388 e. The molecule has 0 fully saturated rings. The van der Waals surface area contributed by atoms with E-state index in [2.05, 4.69) is 25.8 Å². The van der Waals surface area contributed by atoms with Crippen LogP contribution in [0.3, 0.4) is 0 Å². The Kier molecular flexibility index (Phi) is 6.69. The zero-order chi connectivity index (χ0) is 13.5. The first-order chi connectivity index (χ1) is 8.49. The molecule has 1 unspecified atom stereocenters. The molecule has 1 N–H and O–H groups in total. The summed E-state index contributed by atoms with van der Waals surface area (Å²) in [5.74, 6) is 0.730. The van der Waals surface area contributed by atoms with Crippen molar-refractivity contribution < 1.29 is 5.11 Å². The van der Waals surface area contributed by atoms with Crippen LogP contribution in [-0.2, 0) is 0 Å². The van der Waals surface area contributed by atoms with Gasteiger partial charge in [0.15, 0.2) is 0 Å². The molecule has 102 valence electrons. The van der Waals surface area contributed by atoms with Gasteiger partial charge in [0.05, 0.1) is 6.10 Å². The highest BCUT2D eigenvalue weighted by molar-refractivity contribution is 6.30. The molecule has 1 rings (SSSR count). The van der Waals surface area contributed by atoms with Crippen LogP contribution in [0.15, 0.2) is 24.3 Å². The average molecular weight is 270 g/mol. The van der Waals surface area contributed by atoms with Gasteiger partial charge in [0, 0.05) is 11.6 Å². The molecule has 3 heteroatoms. The number of nitrogens with zero attached hydrogens (tertiary/aromatic N) is 1. The fraction of sp³-hybridized carbons (Fsp3) is 0.600. The molecule has 0 saturated carbocycles. The van der Waals surface area contributed by atoms with Gasteiger partial charge in [-0.1, -0.05) is 37.6 Å². The molecule has 2 nitrogen and oxygen atoms in total. The van der Waals surface area contributed by atoms with Crippen LogP contribution in [-0.4, -0.2) is 30.1 Å². The summed E-state index contributed by atoms with van der Waals surface area (Å²) < 4.78 is 0. The molecule has 1 atom stereocenters. The molecule has 0 aromatic heterocycles. The Labute approximate surface area is 116 Å². The summed E-state index contributed by atoms with van der Waals surface area (Å²) in [4.78, 5) is 2.28. The molecule has 0 bridgehead atoms. The first-order valence-electron chi connectivity index (χ1n) is 6.61. The smallest absolute Gasteiger partial charge is 0.0802 e. The molecule has 0 spiro atoms. The van der Waals surface area contributed by atoms with Gasteiger partial charge in [-0.05, 0) is 50.0 Å². The van der Waals surface area contributed by atoms with Crippen molar-refractivity contribution in [3.05, 3.63) is 34.9 Å². The molecule has 1 aromatic rings. The second-order valence-electron chi connectivity index (χ2n) is 5.34. The molecular formula is C15H24ClNO. The number of hydrogen-bond acceptors (Lipinski definition) is 2. The maximum atomic E-state index is 10.1. The van der Waals surface area contributed by atoms with Gasteiger partial charge in [-0.25, -0.2) is 0 Å². The summed E-state index contributed by atoms with van der Waals surface area (Å²) in [6.45, 7) is 6.47. The first kappa shape index (κ1) is 15.5. The van der Waals surface area contributed by atoms with Crippen LogP contribution in [0.5, 0.6) is 0 Å². The summed E-state index contributed by atoms with van der Waals surface area (Å²) in [7, 11) is 2.11. The first-order valence-corrected chi connectivity index (χ1v) is 6.99. The van der Waals surface area contributed by atoms with E-state index in [1.165, 1.54) is 6.42 Å². The van der Waals surface area contributed by atoms with E-state index in [1.54, 1.807) is 0 Å². The van der Waals surface area contributed by atoms with Crippen molar-refractivity contribution in [2.24, 2.45) is 5.92 Å². The van der Waals surface area contributed by atoms with Gasteiger partial charge in [-0.15, -0.1) is 0 Å². The van der Waals surface area contributed by atoms with Crippen molar-refractivity contribution in [2.75, 3.05) is 20.1 Å². The van der Waals surface area contributed by atoms with Crippen LogP contribution < -0.4 is 0 Å². The quantitative estimate of drug-likeness (QED) is 0.815. The predicted octanol–water partition coefficient (Wildman–Crippen LogP) is 3.74. The fourth-order valence-corrected chi connectivity index (χ4v) is 1.91. The highest BCUT2D eigenvalue weighted by Crippen LogP contribution is 2.19. The minimum atomic E-state index is -0.399. The van der Waals surface area contributed by atoms with Crippen molar-refractivity contribution in [2.45, 2.75) is 32.8 Å². The van der Waals surface area contributed by atoms with Crippen molar-refractivity contribution in [3.63, 3.8) is 0 Å². The van der Waals surface area contributed by atoms with Gasteiger partial charge in [0.25, 0.3) is 0 Å². The molecule has 0 amide bonds. The third-order valence-corrected chi connectivity index (χ3v) is 3.38. The van der Waals surface area contributed by atoms with E-state index in [0.29, 0.717) is 5.02 Å². The molecule has 0 heterocycles. The lowest BCUT2D eigenvalue weighted by molar-refractivity contribution is 0.148. The van der Waals surface area contributed by atoms with Crippen LogP contribution in [0.1, 0.15) is 38.4 Å². The van der Waals surface area contributed by atoms with Gasteiger partial charge < -0.3 is 10.0 Å². The maximum Gasteiger partial charge on any atom is 0.0802 e. The van der Waals surface area contributed by atoms with Crippen molar-refractivity contribution in [1.82, 2.24) is 4.90 Å². The van der Waals surface area contributed by atoms with E-state index in [1.807, 2.05) is 24.3 Å².